The van der Waals surface area contributed by atoms with Crippen LogP contribution in [0.4, 0.5) is 36.4 Å². The third-order valence-electron chi connectivity index (χ3n) is 3.45. The Morgan fingerprint density at radius 3 is 2.40 bits per heavy atom. The Labute approximate surface area is 144 Å². The molecule has 1 aromatic rings. The number of aliphatic imine (C=N–C) groups is 1. The normalized spacial score (nSPS) is 17.6. The quantitative estimate of drug-likeness (QED) is 0.502. The predicted octanol–water partition coefficient (Wildman–Crippen LogP) is 5.48. The number of rotatable bonds is 4. The monoisotopic (exact) mass is 388 g/mol. The van der Waals surface area contributed by atoms with Crippen LogP contribution in [0.2, 0.25) is 0 Å². The molecule has 0 spiro atoms. The van der Waals surface area contributed by atoms with Gasteiger partial charge in [-0.1, -0.05) is 0 Å². The number of benzene rings is 1. The number of aryl methyl sites for hydroxylation is 1. The molecule has 0 radical (unpaired) electrons. The second-order valence-corrected chi connectivity index (χ2v) is 6.66. The molecule has 0 aliphatic carbocycles. The van der Waals surface area contributed by atoms with Crippen molar-refractivity contribution in [3.8, 4) is 0 Å². The first-order valence-corrected chi connectivity index (χ1v) is 8.32. The standard InChI is InChI=1S/C15H15F7N2S/c1-9-5-10(16)11(6-12(9)25-8-15(20,21)22)23-13-3-2-4-24(13)7-14(17,18)19/h5-6H,2-4,7-8H2,1H3/b23-13-. The van der Waals surface area contributed by atoms with E-state index in [9.17, 15) is 30.7 Å². The Kier molecular flexibility index (Phi) is 5.90. The fourth-order valence-corrected chi connectivity index (χ4v) is 3.21. The highest BCUT2D eigenvalue weighted by Crippen LogP contribution is 2.34. The Balaban J connectivity index is 2.26. The molecule has 25 heavy (non-hydrogen) atoms. The van der Waals surface area contributed by atoms with E-state index in [0.717, 1.165) is 17.0 Å². The van der Waals surface area contributed by atoms with Crippen LogP contribution in [0.25, 0.3) is 0 Å². The van der Waals surface area contributed by atoms with Crippen molar-refractivity contribution in [1.82, 2.24) is 4.90 Å². The number of amidine groups is 1. The molecule has 0 unspecified atom stereocenters. The van der Waals surface area contributed by atoms with E-state index in [1.165, 1.54) is 6.92 Å². The summed E-state index contributed by atoms with van der Waals surface area (Å²) < 4.78 is 88.7. The maximum atomic E-state index is 14.0. The van der Waals surface area contributed by atoms with Gasteiger partial charge in [0.15, 0.2) is 0 Å². The van der Waals surface area contributed by atoms with Gasteiger partial charge in [0.25, 0.3) is 0 Å². The van der Waals surface area contributed by atoms with Crippen molar-refractivity contribution in [1.29, 1.82) is 0 Å². The van der Waals surface area contributed by atoms with Crippen LogP contribution in [0.5, 0.6) is 0 Å². The van der Waals surface area contributed by atoms with Crippen LogP contribution in [0, 0.1) is 12.7 Å². The van der Waals surface area contributed by atoms with Gasteiger partial charge in [0, 0.05) is 17.9 Å². The van der Waals surface area contributed by atoms with E-state index in [0.29, 0.717) is 23.7 Å². The van der Waals surface area contributed by atoms with Crippen LogP contribution < -0.4 is 0 Å². The molecule has 0 aromatic heterocycles. The van der Waals surface area contributed by atoms with E-state index in [-0.39, 0.29) is 29.4 Å². The van der Waals surface area contributed by atoms with Crippen LogP contribution >= 0.6 is 11.8 Å². The number of likely N-dealkylation sites (tertiary alicyclic amines) is 1. The average Bonchev–Trinajstić information content (AvgIpc) is 2.84. The fourth-order valence-electron chi connectivity index (χ4n) is 2.41. The summed E-state index contributed by atoms with van der Waals surface area (Å²) in [4.78, 5) is 5.15. The van der Waals surface area contributed by atoms with E-state index >= 15 is 0 Å². The second-order valence-electron chi connectivity index (χ2n) is 5.64. The van der Waals surface area contributed by atoms with Crippen LogP contribution in [-0.2, 0) is 0 Å². The summed E-state index contributed by atoms with van der Waals surface area (Å²) in [5, 5.41) is 0. The summed E-state index contributed by atoms with van der Waals surface area (Å²) >= 11 is 0.491. The minimum Gasteiger partial charge on any atom is -0.351 e. The zero-order valence-electron chi connectivity index (χ0n) is 13.1. The molecule has 1 saturated heterocycles. The number of hydrogen-bond acceptors (Lipinski definition) is 2. The van der Waals surface area contributed by atoms with E-state index in [4.69, 9.17) is 0 Å². The zero-order valence-corrected chi connectivity index (χ0v) is 14.0. The first kappa shape index (κ1) is 19.9. The highest BCUT2D eigenvalue weighted by atomic mass is 32.2. The second kappa shape index (κ2) is 7.43. The third kappa shape index (κ3) is 6.09. The maximum absolute atomic E-state index is 14.0. The van der Waals surface area contributed by atoms with Crippen molar-refractivity contribution in [2.75, 3.05) is 18.8 Å². The molecular weight excluding hydrogens is 373 g/mol. The summed E-state index contributed by atoms with van der Waals surface area (Å²) in [6, 6.07) is 2.19. The van der Waals surface area contributed by atoms with Gasteiger partial charge in [0.05, 0.1) is 5.75 Å². The fraction of sp³-hybridized carbons (Fsp3) is 0.533. The average molecular weight is 388 g/mol. The molecule has 0 N–H and O–H groups in total. The predicted molar refractivity (Wildman–Crippen MR) is 81.9 cm³/mol. The van der Waals surface area contributed by atoms with E-state index in [1.54, 1.807) is 0 Å². The van der Waals surface area contributed by atoms with Gasteiger partial charge in [0.2, 0.25) is 0 Å². The minimum atomic E-state index is -4.41. The van der Waals surface area contributed by atoms with Gasteiger partial charge in [-0.05, 0) is 31.0 Å². The summed E-state index contributed by atoms with van der Waals surface area (Å²) in [7, 11) is 0. The molecule has 1 fully saturated rings. The summed E-state index contributed by atoms with van der Waals surface area (Å²) in [5.74, 6) is -1.83. The van der Waals surface area contributed by atoms with Crippen molar-refractivity contribution in [2.45, 2.75) is 37.0 Å². The summed E-state index contributed by atoms with van der Waals surface area (Å²) in [6.07, 6.45) is -8.08. The lowest BCUT2D eigenvalue weighted by Gasteiger charge is -2.20. The van der Waals surface area contributed by atoms with Crippen LogP contribution in [0.15, 0.2) is 22.0 Å². The van der Waals surface area contributed by atoms with Crippen LogP contribution in [0.3, 0.4) is 0 Å². The molecule has 1 aliphatic heterocycles. The molecule has 0 atom stereocenters. The lowest BCUT2D eigenvalue weighted by Crippen LogP contribution is -2.35. The molecular formula is C15H15F7N2S. The van der Waals surface area contributed by atoms with Crippen molar-refractivity contribution in [2.24, 2.45) is 4.99 Å². The van der Waals surface area contributed by atoms with Gasteiger partial charge in [-0.25, -0.2) is 9.38 Å². The molecule has 140 valence electrons. The topological polar surface area (TPSA) is 15.6 Å². The number of hydrogen-bond donors (Lipinski definition) is 0. The van der Waals surface area contributed by atoms with E-state index in [1.807, 2.05) is 0 Å². The molecule has 2 rings (SSSR count). The van der Waals surface area contributed by atoms with E-state index < -0.39 is 30.5 Å². The Morgan fingerprint density at radius 2 is 1.80 bits per heavy atom. The molecule has 0 bridgehead atoms. The van der Waals surface area contributed by atoms with Gasteiger partial charge < -0.3 is 4.90 Å². The van der Waals surface area contributed by atoms with Crippen LogP contribution in [-0.4, -0.2) is 41.9 Å². The van der Waals surface area contributed by atoms with Gasteiger partial charge >= 0.3 is 12.4 Å². The SMILES string of the molecule is Cc1cc(F)c(/N=C2/CCCN2CC(F)(F)F)cc1SCC(F)(F)F. The molecule has 0 saturated carbocycles. The first-order chi connectivity index (χ1) is 11.4. The smallest absolute Gasteiger partial charge is 0.351 e. The molecule has 1 heterocycles. The molecule has 10 heteroatoms. The van der Waals surface area contributed by atoms with Gasteiger partial charge in [-0.3, -0.25) is 0 Å². The van der Waals surface area contributed by atoms with Crippen molar-refractivity contribution in [3.05, 3.63) is 23.5 Å². The molecule has 1 aliphatic rings. The lowest BCUT2D eigenvalue weighted by atomic mass is 10.2. The molecule has 1 aromatic carbocycles. The Hall–Kier alpha value is -1.45. The highest BCUT2D eigenvalue weighted by molar-refractivity contribution is 7.99. The lowest BCUT2D eigenvalue weighted by molar-refractivity contribution is -0.137. The minimum absolute atomic E-state index is 0.0897. The first-order valence-electron chi connectivity index (χ1n) is 7.33. The highest BCUT2D eigenvalue weighted by Gasteiger charge is 2.34. The zero-order chi connectivity index (χ0) is 18.8. The third-order valence-corrected chi connectivity index (χ3v) is 4.67. The Bertz CT molecular complexity index is 653. The van der Waals surface area contributed by atoms with Gasteiger partial charge in [-0.2, -0.15) is 26.3 Å². The van der Waals surface area contributed by atoms with E-state index in [2.05, 4.69) is 4.99 Å². The van der Waals surface area contributed by atoms with Crippen molar-refractivity contribution in [3.63, 3.8) is 0 Å². The summed E-state index contributed by atoms with van der Waals surface area (Å²) in [5.41, 5.74) is 0.0635. The largest absolute Gasteiger partial charge is 0.405 e. The number of halogens is 7. The number of nitrogens with zero attached hydrogens (tertiary/aromatic N) is 2. The number of thioether (sulfide) groups is 1. The van der Waals surface area contributed by atoms with Crippen LogP contribution in [0.1, 0.15) is 18.4 Å². The molecule has 2 nitrogen and oxygen atoms in total. The molecule has 0 amide bonds. The Morgan fingerprint density at radius 1 is 1.12 bits per heavy atom. The van der Waals surface area contributed by atoms with Gasteiger partial charge in [0.1, 0.15) is 23.9 Å². The van der Waals surface area contributed by atoms with Gasteiger partial charge in [-0.15, -0.1) is 11.8 Å². The number of alkyl halides is 6. The van der Waals surface area contributed by atoms with Crippen molar-refractivity contribution >= 4 is 23.3 Å². The van der Waals surface area contributed by atoms with Crippen molar-refractivity contribution < 1.29 is 30.7 Å². The summed E-state index contributed by atoms with van der Waals surface area (Å²) in [6.45, 7) is 0.431. The maximum Gasteiger partial charge on any atom is 0.405 e.